The Hall–Kier alpha value is -0.870. The van der Waals surface area contributed by atoms with Crippen LogP contribution in [0.3, 0.4) is 0 Å². The van der Waals surface area contributed by atoms with E-state index in [0.717, 1.165) is 35.7 Å². The number of hydrogen-bond donors (Lipinski definition) is 1. The van der Waals surface area contributed by atoms with Gasteiger partial charge in [0.1, 0.15) is 0 Å². The van der Waals surface area contributed by atoms with E-state index in [1.165, 1.54) is 0 Å². The Bertz CT molecular complexity index is 428. The zero-order valence-corrected chi connectivity index (χ0v) is 12.8. The lowest BCUT2D eigenvalue weighted by Crippen LogP contribution is -2.44. The second-order valence-electron chi connectivity index (χ2n) is 4.71. The van der Waals surface area contributed by atoms with Crippen molar-refractivity contribution in [2.24, 2.45) is 0 Å². The number of benzene rings is 1. The van der Waals surface area contributed by atoms with E-state index in [9.17, 15) is 4.79 Å². The van der Waals surface area contributed by atoms with Crippen LogP contribution in [0.15, 0.2) is 24.3 Å². The molecule has 1 aromatic carbocycles. The number of carbonyl (C=O) groups excluding carboxylic acids is 1. The van der Waals surface area contributed by atoms with E-state index >= 15 is 0 Å². The van der Waals surface area contributed by atoms with Gasteiger partial charge in [0.2, 0.25) is 5.91 Å². The number of thioether (sulfide) groups is 1. The van der Waals surface area contributed by atoms with Gasteiger partial charge in [-0.15, -0.1) is 12.4 Å². The van der Waals surface area contributed by atoms with E-state index in [4.69, 9.17) is 5.73 Å². The SMILES string of the molecule is CC1CSCCN1C(=O)CCc1ccccc1N.Cl. The Labute approximate surface area is 125 Å². The number of aryl methyl sites for hydroxylation is 1. The van der Waals surface area contributed by atoms with E-state index < -0.39 is 0 Å². The molecule has 1 aliphatic rings. The minimum atomic E-state index is 0. The number of nitrogen functional groups attached to an aromatic ring is 1. The summed E-state index contributed by atoms with van der Waals surface area (Å²) in [6.45, 7) is 3.01. The van der Waals surface area contributed by atoms with Crippen molar-refractivity contribution in [3.05, 3.63) is 29.8 Å². The molecule has 0 aliphatic carbocycles. The molecule has 106 valence electrons. The van der Waals surface area contributed by atoms with Crippen LogP contribution < -0.4 is 5.73 Å². The third kappa shape index (κ3) is 4.32. The first-order valence-corrected chi connectivity index (χ1v) is 7.54. The lowest BCUT2D eigenvalue weighted by atomic mass is 10.1. The predicted octanol–water partition coefficient (Wildman–Crippen LogP) is 2.59. The van der Waals surface area contributed by atoms with Crippen LogP contribution in [0.2, 0.25) is 0 Å². The van der Waals surface area contributed by atoms with Crippen molar-refractivity contribution in [3.8, 4) is 0 Å². The molecule has 1 unspecified atom stereocenters. The van der Waals surface area contributed by atoms with Crippen LogP contribution in [0.25, 0.3) is 0 Å². The minimum Gasteiger partial charge on any atom is -0.399 e. The summed E-state index contributed by atoms with van der Waals surface area (Å²) in [4.78, 5) is 14.2. The Kier molecular flexibility index (Phi) is 6.52. The average molecular weight is 301 g/mol. The van der Waals surface area contributed by atoms with Crippen molar-refractivity contribution in [1.29, 1.82) is 0 Å². The maximum Gasteiger partial charge on any atom is 0.223 e. The number of hydrogen-bond acceptors (Lipinski definition) is 3. The van der Waals surface area contributed by atoms with Crippen molar-refractivity contribution in [3.63, 3.8) is 0 Å². The highest BCUT2D eigenvalue weighted by atomic mass is 35.5. The van der Waals surface area contributed by atoms with Crippen molar-refractivity contribution in [1.82, 2.24) is 4.90 Å². The Balaban J connectivity index is 0.00000180. The lowest BCUT2D eigenvalue weighted by Gasteiger charge is -2.33. The van der Waals surface area contributed by atoms with Crippen molar-refractivity contribution in [2.75, 3.05) is 23.8 Å². The highest BCUT2D eigenvalue weighted by Crippen LogP contribution is 2.18. The van der Waals surface area contributed by atoms with Gasteiger partial charge in [0.25, 0.3) is 0 Å². The van der Waals surface area contributed by atoms with E-state index in [1.54, 1.807) is 0 Å². The monoisotopic (exact) mass is 300 g/mol. The fourth-order valence-electron chi connectivity index (χ4n) is 2.24. The Morgan fingerprint density at radius 1 is 1.47 bits per heavy atom. The van der Waals surface area contributed by atoms with Crippen molar-refractivity contribution < 1.29 is 4.79 Å². The summed E-state index contributed by atoms with van der Waals surface area (Å²) >= 11 is 1.93. The number of para-hydroxylation sites is 1. The summed E-state index contributed by atoms with van der Waals surface area (Å²) in [5.74, 6) is 2.37. The zero-order chi connectivity index (χ0) is 13.0. The van der Waals surface area contributed by atoms with Gasteiger partial charge in [-0.3, -0.25) is 4.79 Å². The summed E-state index contributed by atoms with van der Waals surface area (Å²) in [6.07, 6.45) is 1.30. The third-order valence-electron chi connectivity index (χ3n) is 3.35. The van der Waals surface area contributed by atoms with E-state index in [2.05, 4.69) is 6.92 Å². The number of nitrogens with two attached hydrogens (primary N) is 1. The molecule has 2 rings (SSSR count). The average Bonchev–Trinajstić information content (AvgIpc) is 2.38. The maximum absolute atomic E-state index is 12.2. The predicted molar refractivity (Wildman–Crippen MR) is 84.9 cm³/mol. The van der Waals surface area contributed by atoms with Gasteiger partial charge in [-0.25, -0.2) is 0 Å². The zero-order valence-electron chi connectivity index (χ0n) is 11.2. The fourth-order valence-corrected chi connectivity index (χ4v) is 3.26. The molecule has 2 N–H and O–H groups in total. The molecule has 1 aliphatic heterocycles. The van der Waals surface area contributed by atoms with Gasteiger partial charge in [0.05, 0.1) is 0 Å². The summed E-state index contributed by atoms with van der Waals surface area (Å²) in [5.41, 5.74) is 7.74. The summed E-state index contributed by atoms with van der Waals surface area (Å²) in [5, 5.41) is 0. The maximum atomic E-state index is 12.2. The number of amides is 1. The summed E-state index contributed by atoms with van der Waals surface area (Å²) in [7, 11) is 0. The van der Waals surface area contributed by atoms with Gasteiger partial charge >= 0.3 is 0 Å². The van der Waals surface area contributed by atoms with Gasteiger partial charge in [0.15, 0.2) is 0 Å². The smallest absolute Gasteiger partial charge is 0.223 e. The highest BCUT2D eigenvalue weighted by Gasteiger charge is 2.22. The molecule has 1 aromatic rings. The molecule has 0 bridgehead atoms. The third-order valence-corrected chi connectivity index (χ3v) is 4.54. The standard InChI is InChI=1S/C14H20N2OS.ClH/c1-11-10-18-9-8-16(11)14(17)7-6-12-4-2-3-5-13(12)15;/h2-5,11H,6-10,15H2,1H3;1H. The molecule has 3 nitrogen and oxygen atoms in total. The number of nitrogens with zero attached hydrogens (tertiary/aromatic N) is 1. The van der Waals surface area contributed by atoms with Crippen LogP contribution in [-0.4, -0.2) is 34.9 Å². The van der Waals surface area contributed by atoms with Crippen LogP contribution in [0, 0.1) is 0 Å². The Morgan fingerprint density at radius 3 is 2.89 bits per heavy atom. The van der Waals surface area contributed by atoms with Crippen LogP contribution in [-0.2, 0) is 11.2 Å². The van der Waals surface area contributed by atoms with Gasteiger partial charge < -0.3 is 10.6 Å². The molecule has 1 amide bonds. The second kappa shape index (κ2) is 7.65. The van der Waals surface area contributed by atoms with Gasteiger partial charge in [0, 0.05) is 36.2 Å². The quantitative estimate of drug-likeness (QED) is 0.873. The molecule has 0 spiro atoms. The van der Waals surface area contributed by atoms with E-state index in [0.29, 0.717) is 12.5 Å². The molecule has 1 fully saturated rings. The molecular formula is C14H21ClN2OS. The molecular weight excluding hydrogens is 280 g/mol. The molecule has 1 heterocycles. The van der Waals surface area contributed by atoms with Crippen LogP contribution in [0.5, 0.6) is 0 Å². The first-order valence-electron chi connectivity index (χ1n) is 6.39. The number of rotatable bonds is 3. The fraction of sp³-hybridized carbons (Fsp3) is 0.500. The molecule has 19 heavy (non-hydrogen) atoms. The van der Waals surface area contributed by atoms with Gasteiger partial charge in [-0.1, -0.05) is 18.2 Å². The van der Waals surface area contributed by atoms with Crippen LogP contribution >= 0.6 is 24.2 Å². The van der Waals surface area contributed by atoms with Crippen molar-refractivity contribution in [2.45, 2.75) is 25.8 Å². The number of carbonyl (C=O) groups is 1. The van der Waals surface area contributed by atoms with E-state index in [-0.39, 0.29) is 18.3 Å². The Morgan fingerprint density at radius 2 is 2.21 bits per heavy atom. The molecule has 0 aromatic heterocycles. The van der Waals surface area contributed by atoms with Gasteiger partial charge in [-0.05, 0) is 25.0 Å². The van der Waals surface area contributed by atoms with Crippen LogP contribution in [0.1, 0.15) is 18.9 Å². The molecule has 1 atom stereocenters. The lowest BCUT2D eigenvalue weighted by molar-refractivity contribution is -0.132. The molecule has 0 radical (unpaired) electrons. The topological polar surface area (TPSA) is 46.3 Å². The highest BCUT2D eigenvalue weighted by molar-refractivity contribution is 7.99. The summed E-state index contributed by atoms with van der Waals surface area (Å²) < 4.78 is 0. The first-order chi connectivity index (χ1) is 8.68. The second-order valence-corrected chi connectivity index (χ2v) is 5.86. The largest absolute Gasteiger partial charge is 0.399 e. The number of halogens is 1. The molecule has 5 heteroatoms. The van der Waals surface area contributed by atoms with Crippen molar-refractivity contribution >= 4 is 35.8 Å². The summed E-state index contributed by atoms with van der Waals surface area (Å²) in [6, 6.07) is 8.14. The normalized spacial score (nSPS) is 18.8. The van der Waals surface area contributed by atoms with Gasteiger partial charge in [-0.2, -0.15) is 11.8 Å². The number of anilines is 1. The molecule has 0 saturated carbocycles. The van der Waals surface area contributed by atoms with E-state index in [1.807, 2.05) is 40.9 Å². The first kappa shape index (κ1) is 16.2. The molecule has 1 saturated heterocycles. The minimum absolute atomic E-state index is 0. The van der Waals surface area contributed by atoms with Crippen LogP contribution in [0.4, 0.5) is 5.69 Å².